The van der Waals surface area contributed by atoms with Crippen LogP contribution in [0, 0.1) is 11.8 Å². The third-order valence-corrected chi connectivity index (χ3v) is 1.37. The maximum Gasteiger partial charge on any atom is 0.265 e. The average molecular weight is 162 g/mol. The molecule has 0 fully saturated rings. The predicted molar refractivity (Wildman–Crippen MR) is 46.8 cm³/mol. The number of hydrogen-bond acceptors (Lipinski definition) is 2. The number of hydrogen-bond donors (Lipinski definition) is 2. The highest BCUT2D eigenvalue weighted by Gasteiger charge is 2.03. The lowest BCUT2D eigenvalue weighted by Crippen LogP contribution is -2.34. The van der Waals surface area contributed by atoms with E-state index in [1.54, 1.807) is 25.3 Å². The van der Waals surface area contributed by atoms with Gasteiger partial charge in [0.15, 0.2) is 0 Å². The lowest BCUT2D eigenvalue weighted by molar-refractivity contribution is -0.118. The van der Waals surface area contributed by atoms with Crippen molar-refractivity contribution in [2.24, 2.45) is 0 Å². The Balaban J connectivity index is 2.63. The minimum absolute atomic E-state index is 0.140. The fourth-order valence-corrected chi connectivity index (χ4v) is 0.832. The summed E-state index contributed by atoms with van der Waals surface area (Å²) >= 11 is 0. The first-order chi connectivity index (χ1) is 5.84. The van der Waals surface area contributed by atoms with Crippen LogP contribution in [0.4, 0.5) is 0 Å². The van der Waals surface area contributed by atoms with E-state index in [2.05, 4.69) is 22.7 Å². The molecule has 3 nitrogen and oxygen atoms in total. The fourth-order valence-electron chi connectivity index (χ4n) is 0.832. The summed E-state index contributed by atoms with van der Waals surface area (Å²) in [5, 5.41) is 0. The number of carbonyl (C=O) groups excluding carboxylic acids is 1. The van der Waals surface area contributed by atoms with Crippen LogP contribution in [-0.4, -0.2) is 13.0 Å². The second-order valence-corrected chi connectivity index (χ2v) is 2.22. The number of carbonyl (C=O) groups is 1. The number of amides is 1. The van der Waals surface area contributed by atoms with Crippen LogP contribution in [-0.2, 0) is 4.79 Å². The van der Waals surface area contributed by atoms with E-state index in [0.717, 1.165) is 0 Å². The predicted octanol–water partition coefficient (Wildman–Crippen LogP) is 0.127. The van der Waals surface area contributed by atoms with Gasteiger partial charge in [-0.1, -0.05) is 17.9 Å². The largest absolute Gasteiger partial charge is 0.288 e. The Morgan fingerprint density at radius 3 is 3.25 bits per heavy atom. The van der Waals surface area contributed by atoms with Crippen LogP contribution in [0.25, 0.3) is 0 Å². The molecule has 0 aromatic rings. The van der Waals surface area contributed by atoms with E-state index in [-0.39, 0.29) is 5.91 Å². The fraction of sp³-hybridized carbons (Fsp3) is 0.222. The molecule has 1 aliphatic carbocycles. The second kappa shape index (κ2) is 4.37. The topological polar surface area (TPSA) is 41.1 Å². The molecule has 1 rings (SSSR count). The Hall–Kier alpha value is -1.53. The highest BCUT2D eigenvalue weighted by molar-refractivity contribution is 5.96. The van der Waals surface area contributed by atoms with Crippen LogP contribution in [0.5, 0.6) is 0 Å². The van der Waals surface area contributed by atoms with Crippen molar-refractivity contribution in [2.75, 3.05) is 7.05 Å². The Labute approximate surface area is 71.5 Å². The van der Waals surface area contributed by atoms with Gasteiger partial charge in [0, 0.05) is 19.0 Å². The molecule has 0 spiro atoms. The van der Waals surface area contributed by atoms with Crippen LogP contribution in [0.1, 0.15) is 6.42 Å². The third-order valence-electron chi connectivity index (χ3n) is 1.37. The molecule has 0 atom stereocenters. The molecular weight excluding hydrogens is 152 g/mol. The summed E-state index contributed by atoms with van der Waals surface area (Å²) in [5.74, 6) is 5.51. The monoisotopic (exact) mass is 162 g/mol. The first-order valence-corrected chi connectivity index (χ1v) is 3.67. The zero-order valence-electron chi connectivity index (χ0n) is 6.85. The van der Waals surface area contributed by atoms with Crippen LogP contribution in [0.15, 0.2) is 23.8 Å². The quantitative estimate of drug-likeness (QED) is 0.447. The van der Waals surface area contributed by atoms with Gasteiger partial charge < -0.3 is 0 Å². The van der Waals surface area contributed by atoms with Crippen molar-refractivity contribution in [3.63, 3.8) is 0 Å². The van der Waals surface area contributed by atoms with Gasteiger partial charge >= 0.3 is 0 Å². The first kappa shape index (κ1) is 8.57. The average Bonchev–Trinajstić information content (AvgIpc) is 2.32. The smallest absolute Gasteiger partial charge is 0.265 e. The van der Waals surface area contributed by atoms with E-state index >= 15 is 0 Å². The minimum atomic E-state index is -0.140. The van der Waals surface area contributed by atoms with Crippen molar-refractivity contribution in [3.8, 4) is 11.8 Å². The normalized spacial score (nSPS) is 13.9. The molecule has 0 bridgehead atoms. The van der Waals surface area contributed by atoms with Crippen molar-refractivity contribution in [1.82, 2.24) is 10.9 Å². The van der Waals surface area contributed by atoms with E-state index in [9.17, 15) is 4.79 Å². The molecule has 1 amide bonds. The molecule has 62 valence electrons. The highest BCUT2D eigenvalue weighted by Crippen LogP contribution is 2.00. The van der Waals surface area contributed by atoms with Gasteiger partial charge in [-0.05, 0) is 12.2 Å². The molecule has 0 radical (unpaired) electrons. The minimum Gasteiger partial charge on any atom is -0.288 e. The lowest BCUT2D eigenvalue weighted by atomic mass is 10.2. The van der Waals surface area contributed by atoms with Gasteiger partial charge in [0.25, 0.3) is 5.91 Å². The maximum absolute atomic E-state index is 11.2. The van der Waals surface area contributed by atoms with Gasteiger partial charge in [-0.15, -0.1) is 0 Å². The summed E-state index contributed by atoms with van der Waals surface area (Å²) in [5.41, 5.74) is 5.68. The van der Waals surface area contributed by atoms with Gasteiger partial charge in [0.2, 0.25) is 0 Å². The zero-order valence-corrected chi connectivity index (χ0v) is 6.85. The SMILES string of the molecule is CNNC(=O)C1=CCC#CC=C1. The highest BCUT2D eigenvalue weighted by atomic mass is 16.2. The van der Waals surface area contributed by atoms with Gasteiger partial charge in [-0.3, -0.25) is 10.2 Å². The molecule has 0 aliphatic heterocycles. The Morgan fingerprint density at radius 1 is 1.67 bits per heavy atom. The van der Waals surface area contributed by atoms with Gasteiger partial charge in [-0.25, -0.2) is 5.43 Å². The molecule has 0 unspecified atom stereocenters. The van der Waals surface area contributed by atoms with E-state index in [1.807, 2.05) is 0 Å². The van der Waals surface area contributed by atoms with Crippen molar-refractivity contribution in [1.29, 1.82) is 0 Å². The van der Waals surface area contributed by atoms with E-state index in [4.69, 9.17) is 0 Å². The number of allylic oxidation sites excluding steroid dienone is 2. The summed E-state index contributed by atoms with van der Waals surface area (Å²) in [4.78, 5) is 11.2. The van der Waals surface area contributed by atoms with Crippen molar-refractivity contribution in [3.05, 3.63) is 23.8 Å². The Morgan fingerprint density at radius 2 is 2.50 bits per heavy atom. The molecule has 1 aliphatic rings. The van der Waals surface area contributed by atoms with Gasteiger partial charge in [0.1, 0.15) is 0 Å². The summed E-state index contributed by atoms with van der Waals surface area (Å²) in [6.07, 6.45) is 5.80. The summed E-state index contributed by atoms with van der Waals surface area (Å²) in [7, 11) is 1.65. The molecule has 0 saturated carbocycles. The molecule has 0 saturated heterocycles. The Bertz CT molecular complexity index is 291. The van der Waals surface area contributed by atoms with E-state index in [0.29, 0.717) is 12.0 Å². The van der Waals surface area contributed by atoms with E-state index < -0.39 is 0 Å². The van der Waals surface area contributed by atoms with Crippen molar-refractivity contribution >= 4 is 5.91 Å². The number of rotatable bonds is 2. The molecule has 0 aromatic heterocycles. The summed E-state index contributed by atoms with van der Waals surface area (Å²) in [6, 6.07) is 0. The lowest BCUT2D eigenvalue weighted by Gasteiger charge is -2.01. The first-order valence-electron chi connectivity index (χ1n) is 3.67. The van der Waals surface area contributed by atoms with Gasteiger partial charge in [0.05, 0.1) is 0 Å². The molecule has 0 aromatic carbocycles. The maximum atomic E-state index is 11.2. The van der Waals surface area contributed by atoms with Gasteiger partial charge in [-0.2, -0.15) is 0 Å². The van der Waals surface area contributed by atoms with Crippen LogP contribution in [0.3, 0.4) is 0 Å². The van der Waals surface area contributed by atoms with Crippen molar-refractivity contribution < 1.29 is 4.79 Å². The van der Waals surface area contributed by atoms with Crippen LogP contribution >= 0.6 is 0 Å². The molecule has 0 heterocycles. The molecule has 12 heavy (non-hydrogen) atoms. The summed E-state index contributed by atoms with van der Waals surface area (Å²) in [6.45, 7) is 0. The standard InChI is InChI=1S/C9H10N2O/c1-10-11-9(12)8-6-4-2-3-5-7-8/h4,6-7,10H,5H2,1H3,(H,11,12). The van der Waals surface area contributed by atoms with Crippen molar-refractivity contribution in [2.45, 2.75) is 6.42 Å². The molecule has 2 N–H and O–H groups in total. The van der Waals surface area contributed by atoms with Crippen LogP contribution < -0.4 is 10.9 Å². The third kappa shape index (κ3) is 2.26. The Kier molecular flexibility index (Phi) is 3.12. The van der Waals surface area contributed by atoms with E-state index in [1.165, 1.54) is 0 Å². The molecular formula is C9H10N2O. The molecule has 3 heteroatoms. The summed E-state index contributed by atoms with van der Waals surface area (Å²) < 4.78 is 0. The zero-order chi connectivity index (χ0) is 8.81. The second-order valence-electron chi connectivity index (χ2n) is 2.22. The number of hydrazine groups is 1. The number of nitrogens with one attached hydrogen (secondary N) is 2. The van der Waals surface area contributed by atoms with Crippen LogP contribution in [0.2, 0.25) is 0 Å².